The van der Waals surface area contributed by atoms with Gasteiger partial charge in [0, 0.05) is 76.4 Å². The minimum Gasteiger partial charge on any atom is -0.379 e. The lowest BCUT2D eigenvalue weighted by molar-refractivity contribution is -0.138. The quantitative estimate of drug-likeness (QED) is 0.120. The molecular formula is C52H56F6N14O6. The summed E-state index contributed by atoms with van der Waals surface area (Å²) < 4.78 is 97.5. The molecule has 2 aromatic carbocycles. The number of methoxy groups -OCH3 is 1. The predicted molar refractivity (Wildman–Crippen MR) is 273 cm³/mol. The number of nitrogens with one attached hydrogen (secondary N) is 2. The second-order valence-corrected chi connectivity index (χ2v) is 18.6. The van der Waals surface area contributed by atoms with Crippen LogP contribution < -0.4 is 20.4 Å². The minimum atomic E-state index is -4.46. The van der Waals surface area contributed by atoms with Gasteiger partial charge in [0.15, 0.2) is 23.3 Å². The van der Waals surface area contributed by atoms with Crippen LogP contribution in [0, 0.1) is 0 Å². The first-order valence-electron chi connectivity index (χ1n) is 25.1. The monoisotopic (exact) mass is 1090 g/mol. The molecule has 3 aliphatic rings. The van der Waals surface area contributed by atoms with E-state index >= 15 is 0 Å². The first-order chi connectivity index (χ1) is 37.6. The van der Waals surface area contributed by atoms with Gasteiger partial charge >= 0.3 is 12.4 Å². The van der Waals surface area contributed by atoms with Gasteiger partial charge in [0.1, 0.15) is 29.8 Å². The Balaban J connectivity index is 0.000000190. The number of morpholine rings is 3. The summed E-state index contributed by atoms with van der Waals surface area (Å²) in [5.74, 6) is 1.00. The molecule has 20 nitrogen and oxygen atoms in total. The number of hydrogen-bond acceptors (Lipinski definition) is 17. The maximum absolute atomic E-state index is 12.4. The molecule has 0 atom stereocenters. The number of anilines is 2. The molecule has 2 N–H and O–H groups in total. The number of benzene rings is 2. The van der Waals surface area contributed by atoms with Crippen LogP contribution in [0.4, 0.5) is 38.0 Å². The normalized spacial score (nSPS) is 15.5. The molecule has 26 heteroatoms. The lowest BCUT2D eigenvalue weighted by atomic mass is 10.1. The lowest BCUT2D eigenvalue weighted by Gasteiger charge is -2.29. The van der Waals surface area contributed by atoms with E-state index in [1.54, 1.807) is 66.5 Å². The van der Waals surface area contributed by atoms with Gasteiger partial charge < -0.3 is 39.4 Å². The van der Waals surface area contributed by atoms with Gasteiger partial charge in [-0.3, -0.25) is 24.5 Å². The molecule has 2 amide bonds. The Hall–Kier alpha value is -7.52. The van der Waals surface area contributed by atoms with Crippen LogP contribution in [0.25, 0.3) is 44.8 Å². The van der Waals surface area contributed by atoms with Crippen LogP contribution in [0.5, 0.6) is 0 Å². The Kier molecular flexibility index (Phi) is 17.9. The van der Waals surface area contributed by atoms with Gasteiger partial charge in [-0.2, -0.15) is 26.3 Å². The summed E-state index contributed by atoms with van der Waals surface area (Å²) >= 11 is 0. The number of carbonyl (C=O) groups excluding carboxylic acids is 2. The number of nitrogens with zero attached hydrogens (tertiary/aromatic N) is 12. The zero-order valence-corrected chi connectivity index (χ0v) is 42.5. The maximum Gasteiger partial charge on any atom is 0.405 e. The molecule has 3 fully saturated rings. The zero-order chi connectivity index (χ0) is 54.7. The number of rotatable bonds is 16. The highest BCUT2D eigenvalue weighted by Gasteiger charge is 2.29. The zero-order valence-electron chi connectivity index (χ0n) is 42.5. The molecular weight excluding hydrogens is 1030 g/mol. The van der Waals surface area contributed by atoms with Crippen molar-refractivity contribution in [1.29, 1.82) is 0 Å². The Bertz CT molecular complexity index is 3150. The number of pyridine rings is 2. The molecule has 0 saturated carbocycles. The molecule has 0 bridgehead atoms. The van der Waals surface area contributed by atoms with E-state index < -0.39 is 37.3 Å². The largest absolute Gasteiger partial charge is 0.405 e. The fourth-order valence-corrected chi connectivity index (χ4v) is 8.78. The number of amides is 2. The second-order valence-electron chi connectivity index (χ2n) is 18.6. The van der Waals surface area contributed by atoms with Crippen molar-refractivity contribution in [1.82, 2.24) is 60.4 Å². The molecule has 10 rings (SSSR count). The first-order valence-corrected chi connectivity index (χ1v) is 25.1. The lowest BCUT2D eigenvalue weighted by Crippen LogP contribution is -2.37. The van der Waals surface area contributed by atoms with Gasteiger partial charge in [0.25, 0.3) is 0 Å². The predicted octanol–water partition coefficient (Wildman–Crippen LogP) is 5.12. The van der Waals surface area contributed by atoms with Crippen molar-refractivity contribution in [2.75, 3.05) is 109 Å². The van der Waals surface area contributed by atoms with Gasteiger partial charge in [-0.1, -0.05) is 53.7 Å². The van der Waals surface area contributed by atoms with E-state index in [4.69, 9.17) is 48.9 Å². The van der Waals surface area contributed by atoms with Crippen molar-refractivity contribution in [2.45, 2.75) is 44.9 Å². The van der Waals surface area contributed by atoms with E-state index in [2.05, 4.69) is 25.0 Å². The summed E-state index contributed by atoms with van der Waals surface area (Å²) in [6, 6.07) is 17.8. The third-order valence-corrected chi connectivity index (χ3v) is 12.6. The molecule has 3 saturated heterocycles. The van der Waals surface area contributed by atoms with E-state index in [1.807, 2.05) is 35.2 Å². The van der Waals surface area contributed by atoms with Crippen LogP contribution in [-0.2, 0) is 61.1 Å². The molecule has 0 aliphatic carbocycles. The topological polar surface area (TPSA) is 213 Å². The van der Waals surface area contributed by atoms with Gasteiger partial charge in [0.05, 0.1) is 82.9 Å². The van der Waals surface area contributed by atoms with Crippen molar-refractivity contribution in [2.24, 2.45) is 0 Å². The number of carbonyl (C=O) groups is 2. The summed E-state index contributed by atoms with van der Waals surface area (Å²) in [5.41, 5.74) is 8.01. The summed E-state index contributed by atoms with van der Waals surface area (Å²) in [4.78, 5) is 59.1. The summed E-state index contributed by atoms with van der Waals surface area (Å²) in [5, 5.41) is 12.0. The number of aromatic nitrogens is 9. The average molecular weight is 1090 g/mol. The van der Waals surface area contributed by atoms with Crippen molar-refractivity contribution >= 4 is 45.5 Å². The third-order valence-electron chi connectivity index (χ3n) is 12.6. The Labute approximate surface area is 443 Å². The smallest absolute Gasteiger partial charge is 0.379 e. The number of fused-ring (bicyclic) bond motifs is 2. The van der Waals surface area contributed by atoms with Crippen LogP contribution >= 0.6 is 0 Å². The van der Waals surface area contributed by atoms with Crippen molar-refractivity contribution in [3.05, 3.63) is 107 Å². The highest BCUT2D eigenvalue weighted by molar-refractivity contribution is 5.89. The third kappa shape index (κ3) is 15.4. The SMILES string of the molecule is COCc1cn(Cc2cnc3c(N4CCOCC4)nc(-c4ccc(CC(=O)NCC(F)(F)F)cc4)nc3c2)nn1.O=C(Cc1ccc(-c2nc(N3CCOCC3)c3ncc(CN4CCOCC4)cc3n2)cc1)NCC(F)(F)F. The standard InChI is InChI=1S/C26H27F3N8O3.C26H29F3N6O3/c1-39-15-20-14-37(35-34-20)13-18-10-21-23(30-12-18)25(36-6-8-40-9-7-36)33-24(32-21)19-4-2-17(3-5-19)11-22(38)31-16-26(27,28)29;27-26(28,29)17-31-22(36)14-18-1-3-20(4-2-18)24-32-21-13-19(16-34-5-9-37-10-6-34)15-30-23(21)25(33-24)35-7-11-38-12-8-35/h2-5,10,12,14H,6-9,11,13,15-16H2,1H3,(H,31,38);1-4,13,15H,5-12,14,16-17H2,(H,31,36). The molecule has 8 heterocycles. The van der Waals surface area contributed by atoms with E-state index in [0.29, 0.717) is 124 Å². The summed E-state index contributed by atoms with van der Waals surface area (Å²) in [6.07, 6.45) is -3.76. The summed E-state index contributed by atoms with van der Waals surface area (Å²) in [6.45, 7) is 7.05. The fraction of sp³-hybridized carbons (Fsp3) is 0.423. The number of halogens is 6. The Morgan fingerprint density at radius 2 is 1.03 bits per heavy atom. The van der Waals surface area contributed by atoms with Crippen LogP contribution in [0.1, 0.15) is 27.9 Å². The number of hydrogen-bond donors (Lipinski definition) is 2. The minimum absolute atomic E-state index is 0.150. The first kappa shape index (κ1) is 55.2. The van der Waals surface area contributed by atoms with E-state index in [0.717, 1.165) is 58.9 Å². The van der Waals surface area contributed by atoms with Crippen molar-refractivity contribution in [3.63, 3.8) is 0 Å². The van der Waals surface area contributed by atoms with Crippen LogP contribution in [0.3, 0.4) is 0 Å². The highest BCUT2D eigenvalue weighted by Crippen LogP contribution is 2.30. The van der Waals surface area contributed by atoms with Crippen LogP contribution in [0.15, 0.2) is 79.3 Å². The molecule has 78 heavy (non-hydrogen) atoms. The number of alkyl halides is 6. The average Bonchev–Trinajstić information content (AvgIpc) is 4.03. The molecule has 3 aliphatic heterocycles. The van der Waals surface area contributed by atoms with Crippen LogP contribution in [-0.4, -0.2) is 173 Å². The molecule has 7 aromatic rings. The van der Waals surface area contributed by atoms with Gasteiger partial charge in [-0.15, -0.1) is 5.10 Å². The fourth-order valence-electron chi connectivity index (χ4n) is 8.78. The van der Waals surface area contributed by atoms with Gasteiger partial charge in [-0.05, 0) is 34.4 Å². The van der Waals surface area contributed by atoms with E-state index in [9.17, 15) is 35.9 Å². The van der Waals surface area contributed by atoms with E-state index in [1.165, 1.54) is 0 Å². The molecule has 0 unspecified atom stereocenters. The Morgan fingerprint density at radius 3 is 1.46 bits per heavy atom. The summed E-state index contributed by atoms with van der Waals surface area (Å²) in [7, 11) is 1.60. The highest BCUT2D eigenvalue weighted by atomic mass is 19.4. The van der Waals surface area contributed by atoms with Crippen LogP contribution in [0.2, 0.25) is 0 Å². The van der Waals surface area contributed by atoms with Gasteiger partial charge in [0.2, 0.25) is 11.8 Å². The molecule has 0 spiro atoms. The molecule has 0 radical (unpaired) electrons. The second kappa shape index (κ2) is 25.3. The van der Waals surface area contributed by atoms with Gasteiger partial charge in [-0.25, -0.2) is 24.6 Å². The molecule has 5 aromatic heterocycles. The maximum atomic E-state index is 12.4. The van der Waals surface area contributed by atoms with Crippen molar-refractivity contribution < 1.29 is 54.9 Å². The van der Waals surface area contributed by atoms with E-state index in [-0.39, 0.29) is 12.8 Å². The Morgan fingerprint density at radius 1 is 0.590 bits per heavy atom. The molecule has 412 valence electrons. The van der Waals surface area contributed by atoms with Crippen molar-refractivity contribution in [3.8, 4) is 22.8 Å². The number of ether oxygens (including phenoxy) is 4.